The van der Waals surface area contributed by atoms with Gasteiger partial charge in [-0.3, -0.25) is 9.69 Å². The number of nitrogens with zero attached hydrogens (tertiary/aromatic N) is 1. The highest BCUT2D eigenvalue weighted by Crippen LogP contribution is 2.23. The Balaban J connectivity index is 1.55. The van der Waals surface area contributed by atoms with Gasteiger partial charge in [-0.25, -0.2) is 4.79 Å². The molecular formula is C22H26N2O3. The summed E-state index contributed by atoms with van der Waals surface area (Å²) >= 11 is 0. The molecule has 142 valence electrons. The Kier molecular flexibility index (Phi) is 6.60. The second-order valence-electron chi connectivity index (χ2n) is 6.79. The van der Waals surface area contributed by atoms with E-state index in [1.165, 1.54) is 5.56 Å². The van der Waals surface area contributed by atoms with Crippen LogP contribution < -0.4 is 5.32 Å². The lowest BCUT2D eigenvalue weighted by Crippen LogP contribution is -2.37. The topological polar surface area (TPSA) is 58.6 Å². The highest BCUT2D eigenvalue weighted by Gasteiger charge is 2.26. The SMILES string of the molecule is CCOC(=O)c1ccccc1NC(=O)C1CCN(Cc2ccccc2)CC1. The molecule has 1 heterocycles. The van der Waals surface area contributed by atoms with Crippen molar-refractivity contribution >= 4 is 17.6 Å². The van der Waals surface area contributed by atoms with Crippen molar-refractivity contribution < 1.29 is 14.3 Å². The monoisotopic (exact) mass is 366 g/mol. The molecule has 1 aliphatic rings. The predicted molar refractivity (Wildman–Crippen MR) is 105 cm³/mol. The lowest BCUT2D eigenvalue weighted by Gasteiger charge is -2.31. The molecule has 5 heteroatoms. The van der Waals surface area contributed by atoms with E-state index in [1.807, 2.05) is 6.07 Å². The second-order valence-corrected chi connectivity index (χ2v) is 6.79. The van der Waals surface area contributed by atoms with Crippen molar-refractivity contribution in [3.63, 3.8) is 0 Å². The van der Waals surface area contributed by atoms with Crippen LogP contribution in [-0.4, -0.2) is 36.5 Å². The van der Waals surface area contributed by atoms with Gasteiger partial charge in [0, 0.05) is 12.5 Å². The molecule has 3 rings (SSSR count). The molecule has 0 spiro atoms. The summed E-state index contributed by atoms with van der Waals surface area (Å²) in [4.78, 5) is 27.1. The van der Waals surface area contributed by atoms with Gasteiger partial charge >= 0.3 is 5.97 Å². The van der Waals surface area contributed by atoms with Gasteiger partial charge in [-0.15, -0.1) is 0 Å². The zero-order chi connectivity index (χ0) is 19.1. The van der Waals surface area contributed by atoms with Crippen LogP contribution in [0.3, 0.4) is 0 Å². The molecule has 0 radical (unpaired) electrons. The Labute approximate surface area is 160 Å². The Morgan fingerprint density at radius 1 is 1.04 bits per heavy atom. The van der Waals surface area contributed by atoms with Crippen molar-refractivity contribution in [3.8, 4) is 0 Å². The molecule has 1 N–H and O–H groups in total. The van der Waals surface area contributed by atoms with Gasteiger partial charge in [0.05, 0.1) is 17.9 Å². The summed E-state index contributed by atoms with van der Waals surface area (Å²) < 4.78 is 5.07. The number of carbonyl (C=O) groups excluding carboxylic acids is 2. The lowest BCUT2D eigenvalue weighted by molar-refractivity contribution is -0.121. The summed E-state index contributed by atoms with van der Waals surface area (Å²) in [7, 11) is 0. The van der Waals surface area contributed by atoms with Gasteiger partial charge in [-0.1, -0.05) is 42.5 Å². The van der Waals surface area contributed by atoms with E-state index in [9.17, 15) is 9.59 Å². The first-order valence-corrected chi connectivity index (χ1v) is 9.50. The number of hydrogen-bond acceptors (Lipinski definition) is 4. The molecule has 1 fully saturated rings. The van der Waals surface area contributed by atoms with Crippen LogP contribution in [-0.2, 0) is 16.1 Å². The van der Waals surface area contributed by atoms with Gasteiger partial charge in [-0.2, -0.15) is 0 Å². The van der Waals surface area contributed by atoms with Crippen LogP contribution in [0.4, 0.5) is 5.69 Å². The molecule has 27 heavy (non-hydrogen) atoms. The third-order valence-corrected chi connectivity index (χ3v) is 4.89. The van der Waals surface area contributed by atoms with Crippen molar-refractivity contribution in [2.24, 2.45) is 5.92 Å². The van der Waals surface area contributed by atoms with Crippen LogP contribution in [0.15, 0.2) is 54.6 Å². The van der Waals surface area contributed by atoms with Crippen molar-refractivity contribution in [2.75, 3.05) is 25.0 Å². The molecule has 1 amide bonds. The van der Waals surface area contributed by atoms with Crippen LogP contribution in [0.2, 0.25) is 0 Å². The highest BCUT2D eigenvalue weighted by atomic mass is 16.5. The van der Waals surface area contributed by atoms with E-state index >= 15 is 0 Å². The fourth-order valence-electron chi connectivity index (χ4n) is 3.41. The van der Waals surface area contributed by atoms with E-state index in [-0.39, 0.29) is 11.8 Å². The zero-order valence-corrected chi connectivity index (χ0v) is 15.7. The second kappa shape index (κ2) is 9.33. The van der Waals surface area contributed by atoms with Crippen molar-refractivity contribution in [1.29, 1.82) is 0 Å². The molecule has 0 bridgehead atoms. The van der Waals surface area contributed by atoms with Crippen LogP contribution >= 0.6 is 0 Å². The molecular weight excluding hydrogens is 340 g/mol. The maximum absolute atomic E-state index is 12.7. The summed E-state index contributed by atoms with van der Waals surface area (Å²) in [5, 5.41) is 2.93. The molecule has 1 aliphatic heterocycles. The number of piperidine rings is 1. The average Bonchev–Trinajstić information content (AvgIpc) is 2.70. The molecule has 5 nitrogen and oxygen atoms in total. The van der Waals surface area contributed by atoms with E-state index in [4.69, 9.17) is 4.74 Å². The highest BCUT2D eigenvalue weighted by molar-refractivity contribution is 6.01. The smallest absolute Gasteiger partial charge is 0.340 e. The predicted octanol–water partition coefficient (Wildman–Crippen LogP) is 3.71. The lowest BCUT2D eigenvalue weighted by atomic mass is 9.95. The van der Waals surface area contributed by atoms with E-state index in [2.05, 4.69) is 34.5 Å². The van der Waals surface area contributed by atoms with E-state index in [0.717, 1.165) is 32.5 Å². The number of ether oxygens (including phenoxy) is 1. The summed E-state index contributed by atoms with van der Waals surface area (Å²) in [6.07, 6.45) is 1.64. The Morgan fingerprint density at radius 2 is 1.70 bits per heavy atom. The van der Waals surface area contributed by atoms with Crippen LogP contribution in [0.5, 0.6) is 0 Å². The largest absolute Gasteiger partial charge is 0.462 e. The zero-order valence-electron chi connectivity index (χ0n) is 15.7. The number of benzene rings is 2. The normalized spacial score (nSPS) is 15.3. The average molecular weight is 366 g/mol. The molecule has 0 atom stereocenters. The summed E-state index contributed by atoms with van der Waals surface area (Å²) in [6, 6.07) is 17.4. The molecule has 0 aliphatic carbocycles. The molecule has 2 aromatic carbocycles. The number of amides is 1. The van der Waals surface area contributed by atoms with Gasteiger partial charge in [-0.05, 0) is 50.6 Å². The standard InChI is InChI=1S/C22H26N2O3/c1-2-27-22(26)19-10-6-7-11-20(19)23-21(25)18-12-14-24(15-13-18)16-17-8-4-3-5-9-17/h3-11,18H,2,12-16H2,1H3,(H,23,25). The minimum absolute atomic E-state index is 0.0221. The van der Waals surface area contributed by atoms with Crippen LogP contribution in [0.1, 0.15) is 35.7 Å². The number of hydrogen-bond donors (Lipinski definition) is 1. The minimum atomic E-state index is -0.411. The van der Waals surface area contributed by atoms with E-state index in [1.54, 1.807) is 31.2 Å². The number of carbonyl (C=O) groups is 2. The Hall–Kier alpha value is -2.66. The minimum Gasteiger partial charge on any atom is -0.462 e. The van der Waals surface area contributed by atoms with Gasteiger partial charge in [0.1, 0.15) is 0 Å². The number of likely N-dealkylation sites (tertiary alicyclic amines) is 1. The first-order chi connectivity index (χ1) is 13.2. The summed E-state index contributed by atoms with van der Waals surface area (Å²) in [5.74, 6) is -0.468. The number of para-hydroxylation sites is 1. The molecule has 2 aromatic rings. The summed E-state index contributed by atoms with van der Waals surface area (Å²) in [5.41, 5.74) is 2.21. The van der Waals surface area contributed by atoms with Gasteiger partial charge in [0.15, 0.2) is 0 Å². The number of esters is 1. The van der Waals surface area contributed by atoms with E-state index in [0.29, 0.717) is 17.9 Å². The Morgan fingerprint density at radius 3 is 2.41 bits per heavy atom. The third kappa shape index (κ3) is 5.17. The fraction of sp³-hybridized carbons (Fsp3) is 0.364. The molecule has 0 unspecified atom stereocenters. The van der Waals surface area contributed by atoms with Gasteiger partial charge in [0.2, 0.25) is 5.91 Å². The third-order valence-electron chi connectivity index (χ3n) is 4.89. The summed E-state index contributed by atoms with van der Waals surface area (Å²) in [6.45, 7) is 4.78. The quantitative estimate of drug-likeness (QED) is 0.792. The van der Waals surface area contributed by atoms with Crippen LogP contribution in [0, 0.1) is 5.92 Å². The van der Waals surface area contributed by atoms with E-state index < -0.39 is 5.97 Å². The number of rotatable bonds is 6. The molecule has 0 aromatic heterocycles. The van der Waals surface area contributed by atoms with Crippen molar-refractivity contribution in [1.82, 2.24) is 4.90 Å². The van der Waals surface area contributed by atoms with Crippen molar-refractivity contribution in [2.45, 2.75) is 26.3 Å². The maximum Gasteiger partial charge on any atom is 0.340 e. The molecule has 0 saturated carbocycles. The van der Waals surface area contributed by atoms with Gasteiger partial charge < -0.3 is 10.1 Å². The number of nitrogens with one attached hydrogen (secondary N) is 1. The first kappa shape index (κ1) is 19.1. The van der Waals surface area contributed by atoms with Gasteiger partial charge in [0.25, 0.3) is 0 Å². The first-order valence-electron chi connectivity index (χ1n) is 9.50. The Bertz CT molecular complexity index is 768. The van der Waals surface area contributed by atoms with Crippen LogP contribution in [0.25, 0.3) is 0 Å². The van der Waals surface area contributed by atoms with Crippen molar-refractivity contribution in [3.05, 3.63) is 65.7 Å². The maximum atomic E-state index is 12.7. The molecule has 1 saturated heterocycles. The number of anilines is 1. The fourth-order valence-corrected chi connectivity index (χ4v) is 3.41.